The molecule has 0 saturated carbocycles. The lowest BCUT2D eigenvalue weighted by Gasteiger charge is -2.12. The van der Waals surface area contributed by atoms with E-state index in [0.717, 1.165) is 6.92 Å². The molecule has 0 spiro atoms. The average molecular weight is 312 g/mol. The van der Waals surface area contributed by atoms with Crippen molar-refractivity contribution in [1.82, 2.24) is 0 Å². The number of esters is 3. The quantitative estimate of drug-likeness (QED) is 0.558. The molecule has 0 saturated heterocycles. The minimum atomic E-state index is -1.22. The van der Waals surface area contributed by atoms with E-state index in [1.54, 1.807) is 0 Å². The first-order valence-electron chi connectivity index (χ1n) is 6.30. The minimum absolute atomic E-state index is 0.0676. The second-order valence-corrected chi connectivity index (χ2v) is 4.28. The first-order chi connectivity index (χ1) is 10.3. The predicted octanol–water partition coefficient (Wildman–Crippen LogP) is 0.0472. The number of aliphatic hydroxyl groups is 2. The van der Waals surface area contributed by atoms with E-state index in [1.165, 1.54) is 25.1 Å². The first kappa shape index (κ1) is 17.6. The highest BCUT2D eigenvalue weighted by Crippen LogP contribution is 2.25. The van der Waals surface area contributed by atoms with Crippen molar-refractivity contribution in [2.24, 2.45) is 0 Å². The van der Waals surface area contributed by atoms with E-state index in [1.807, 2.05) is 0 Å². The number of rotatable bonds is 6. The molecule has 1 unspecified atom stereocenters. The van der Waals surface area contributed by atoms with Crippen molar-refractivity contribution in [3.05, 3.63) is 23.8 Å². The molecule has 8 nitrogen and oxygen atoms in total. The summed E-state index contributed by atoms with van der Waals surface area (Å²) in [6.07, 6.45) is -1.22. The average Bonchev–Trinajstić information content (AvgIpc) is 2.44. The zero-order valence-electron chi connectivity index (χ0n) is 12.1. The molecule has 1 aromatic carbocycles. The molecule has 1 rings (SSSR count). The Kier molecular flexibility index (Phi) is 6.48. The highest BCUT2D eigenvalue weighted by atomic mass is 16.6. The first-order valence-corrected chi connectivity index (χ1v) is 6.30. The van der Waals surface area contributed by atoms with Gasteiger partial charge in [0.15, 0.2) is 0 Å². The third kappa shape index (κ3) is 5.51. The predicted molar refractivity (Wildman–Crippen MR) is 72.4 cm³/mol. The largest absolute Gasteiger partial charge is 0.459 e. The van der Waals surface area contributed by atoms with Gasteiger partial charge in [-0.05, 0) is 18.2 Å². The van der Waals surface area contributed by atoms with E-state index in [2.05, 4.69) is 0 Å². The van der Waals surface area contributed by atoms with Crippen molar-refractivity contribution in [1.29, 1.82) is 0 Å². The van der Waals surface area contributed by atoms with Crippen LogP contribution in [0.5, 0.6) is 11.5 Å². The maximum absolute atomic E-state index is 12.0. The van der Waals surface area contributed by atoms with Crippen LogP contribution in [0.25, 0.3) is 0 Å². The van der Waals surface area contributed by atoms with Crippen LogP contribution in [0.2, 0.25) is 0 Å². The fraction of sp³-hybridized carbons (Fsp3) is 0.357. The van der Waals surface area contributed by atoms with Crippen molar-refractivity contribution in [2.45, 2.75) is 20.0 Å². The topological polar surface area (TPSA) is 119 Å². The monoisotopic (exact) mass is 312 g/mol. The van der Waals surface area contributed by atoms with Crippen LogP contribution in [0.4, 0.5) is 0 Å². The molecule has 22 heavy (non-hydrogen) atoms. The molecule has 0 heterocycles. The highest BCUT2D eigenvalue weighted by molar-refractivity contribution is 5.94. The van der Waals surface area contributed by atoms with Crippen LogP contribution in [0, 0.1) is 0 Å². The molecular formula is C14H16O8. The fourth-order valence-corrected chi connectivity index (χ4v) is 1.44. The van der Waals surface area contributed by atoms with Crippen LogP contribution in [0.3, 0.4) is 0 Å². The lowest BCUT2D eigenvalue weighted by Crippen LogP contribution is -2.22. The van der Waals surface area contributed by atoms with Crippen LogP contribution in [0.1, 0.15) is 24.2 Å². The molecule has 1 aromatic rings. The van der Waals surface area contributed by atoms with E-state index in [9.17, 15) is 14.4 Å². The van der Waals surface area contributed by atoms with E-state index in [4.69, 9.17) is 24.4 Å². The summed E-state index contributed by atoms with van der Waals surface area (Å²) in [6.45, 7) is 1.34. The number of ether oxygens (including phenoxy) is 3. The molecule has 0 fully saturated rings. The molecule has 0 amide bonds. The van der Waals surface area contributed by atoms with E-state index < -0.39 is 37.2 Å². The summed E-state index contributed by atoms with van der Waals surface area (Å²) in [7, 11) is 0. The van der Waals surface area contributed by atoms with E-state index >= 15 is 0 Å². The Bertz CT molecular complexity index is 566. The van der Waals surface area contributed by atoms with Gasteiger partial charge in [-0.1, -0.05) is 0 Å². The van der Waals surface area contributed by atoms with Gasteiger partial charge in [0, 0.05) is 13.8 Å². The Morgan fingerprint density at radius 1 is 1.14 bits per heavy atom. The van der Waals surface area contributed by atoms with Crippen molar-refractivity contribution in [2.75, 3.05) is 13.2 Å². The number of hydrogen-bond acceptors (Lipinski definition) is 8. The van der Waals surface area contributed by atoms with Gasteiger partial charge in [0.25, 0.3) is 0 Å². The van der Waals surface area contributed by atoms with Gasteiger partial charge in [0.05, 0.1) is 6.61 Å². The van der Waals surface area contributed by atoms with Gasteiger partial charge >= 0.3 is 17.9 Å². The second-order valence-electron chi connectivity index (χ2n) is 4.28. The molecule has 8 heteroatoms. The Morgan fingerprint density at radius 3 is 2.32 bits per heavy atom. The van der Waals surface area contributed by atoms with Crippen molar-refractivity contribution in [3.63, 3.8) is 0 Å². The molecular weight excluding hydrogens is 296 g/mol. The summed E-state index contributed by atoms with van der Waals surface area (Å²) < 4.78 is 14.5. The van der Waals surface area contributed by atoms with Crippen LogP contribution >= 0.6 is 0 Å². The minimum Gasteiger partial charge on any atom is -0.459 e. The summed E-state index contributed by atoms with van der Waals surface area (Å²) in [6, 6.07) is 3.80. The van der Waals surface area contributed by atoms with Crippen LogP contribution in [0.15, 0.2) is 18.2 Å². The Morgan fingerprint density at radius 2 is 1.77 bits per heavy atom. The Labute approximate surface area is 126 Å². The highest BCUT2D eigenvalue weighted by Gasteiger charge is 2.18. The lowest BCUT2D eigenvalue weighted by molar-refractivity contribution is -0.133. The third-order valence-electron chi connectivity index (χ3n) is 2.30. The summed E-state index contributed by atoms with van der Waals surface area (Å²) in [5.74, 6) is -2.15. The molecule has 0 aliphatic carbocycles. The molecule has 0 radical (unpaired) electrons. The second kappa shape index (κ2) is 8.11. The zero-order valence-corrected chi connectivity index (χ0v) is 12.1. The molecule has 0 bridgehead atoms. The van der Waals surface area contributed by atoms with E-state index in [0.29, 0.717) is 0 Å². The summed E-state index contributed by atoms with van der Waals surface area (Å²) in [5, 5.41) is 17.8. The van der Waals surface area contributed by atoms with E-state index in [-0.39, 0.29) is 17.1 Å². The maximum Gasteiger partial charge on any atom is 0.342 e. The SMILES string of the molecule is CC(=O)Oc1ccc(OC(C)=O)c(C(=O)OCC(O)CO)c1. The van der Waals surface area contributed by atoms with Crippen LogP contribution < -0.4 is 9.47 Å². The summed E-state index contributed by atoms with van der Waals surface area (Å²) in [5.41, 5.74) is -0.154. The smallest absolute Gasteiger partial charge is 0.342 e. The standard InChI is InChI=1S/C14H16O8/c1-8(16)21-11-3-4-13(22-9(2)17)12(5-11)14(19)20-7-10(18)6-15/h3-5,10,15,18H,6-7H2,1-2H3. The molecule has 0 aromatic heterocycles. The van der Waals surface area contributed by atoms with Crippen molar-refractivity contribution < 1.29 is 38.8 Å². The van der Waals surface area contributed by atoms with Gasteiger partial charge in [0.1, 0.15) is 29.8 Å². The van der Waals surface area contributed by atoms with Gasteiger partial charge in [-0.15, -0.1) is 0 Å². The number of hydrogen-bond donors (Lipinski definition) is 2. The van der Waals surface area contributed by atoms with Crippen molar-refractivity contribution in [3.8, 4) is 11.5 Å². The van der Waals surface area contributed by atoms with Gasteiger partial charge in [-0.2, -0.15) is 0 Å². The summed E-state index contributed by atoms with van der Waals surface area (Å²) in [4.78, 5) is 33.9. The summed E-state index contributed by atoms with van der Waals surface area (Å²) >= 11 is 0. The van der Waals surface area contributed by atoms with Crippen LogP contribution in [-0.2, 0) is 14.3 Å². The number of aliphatic hydroxyl groups excluding tert-OH is 2. The molecule has 1 atom stereocenters. The van der Waals surface area contributed by atoms with Gasteiger partial charge < -0.3 is 24.4 Å². The number of carbonyl (C=O) groups is 3. The molecule has 2 N–H and O–H groups in total. The third-order valence-corrected chi connectivity index (χ3v) is 2.30. The normalized spacial score (nSPS) is 11.5. The fourth-order valence-electron chi connectivity index (χ4n) is 1.44. The number of benzene rings is 1. The van der Waals surface area contributed by atoms with Crippen molar-refractivity contribution >= 4 is 17.9 Å². The van der Waals surface area contributed by atoms with Gasteiger partial charge in [-0.3, -0.25) is 9.59 Å². The Balaban J connectivity index is 3.01. The Hall–Kier alpha value is -2.45. The van der Waals surface area contributed by atoms with Gasteiger partial charge in [-0.25, -0.2) is 4.79 Å². The number of carbonyl (C=O) groups excluding carboxylic acids is 3. The zero-order chi connectivity index (χ0) is 16.7. The lowest BCUT2D eigenvalue weighted by atomic mass is 10.2. The van der Waals surface area contributed by atoms with Crippen LogP contribution in [-0.4, -0.2) is 47.4 Å². The molecule has 120 valence electrons. The maximum atomic E-state index is 12.0. The molecule has 0 aliphatic heterocycles. The van der Waals surface area contributed by atoms with Gasteiger partial charge in [0.2, 0.25) is 0 Å². The molecule has 0 aliphatic rings.